The highest BCUT2D eigenvalue weighted by Gasteiger charge is 2.43. The lowest BCUT2D eigenvalue weighted by Crippen LogP contribution is -2.35. The number of rotatable bonds is 4. The van der Waals surface area contributed by atoms with Gasteiger partial charge in [0.25, 0.3) is 0 Å². The molecule has 0 spiro atoms. The van der Waals surface area contributed by atoms with Gasteiger partial charge < -0.3 is 9.94 Å². The molecule has 1 unspecified atom stereocenters. The van der Waals surface area contributed by atoms with Crippen LogP contribution in [0.2, 0.25) is 0 Å². The Bertz CT molecular complexity index is 411. The number of nitrogens with two attached hydrogens (primary N) is 1. The molecule has 5 heteroatoms. The SMILES string of the molecule is CCC1(C(=O)OC)CCN(Cc2ccccc2)C1.NO. The number of likely N-dealkylation sites (tertiary alicyclic amines) is 1. The average Bonchev–Trinajstić information content (AvgIpc) is 2.94. The normalized spacial score (nSPS) is 22.0. The Morgan fingerprint density at radius 1 is 1.40 bits per heavy atom. The van der Waals surface area contributed by atoms with Crippen molar-refractivity contribution in [3.63, 3.8) is 0 Å². The zero-order valence-electron chi connectivity index (χ0n) is 12.2. The lowest BCUT2D eigenvalue weighted by atomic mass is 9.84. The van der Waals surface area contributed by atoms with Crippen LogP contribution in [0.3, 0.4) is 0 Å². The lowest BCUT2D eigenvalue weighted by Gasteiger charge is -2.25. The highest BCUT2D eigenvalue weighted by Crippen LogP contribution is 2.35. The largest absolute Gasteiger partial charge is 0.469 e. The van der Waals surface area contributed by atoms with Gasteiger partial charge in [0.15, 0.2) is 0 Å². The number of carbonyl (C=O) groups is 1. The molecular formula is C15H24N2O3. The van der Waals surface area contributed by atoms with Crippen LogP contribution in [0, 0.1) is 5.41 Å². The van der Waals surface area contributed by atoms with Crippen LogP contribution in [0.15, 0.2) is 30.3 Å². The van der Waals surface area contributed by atoms with Gasteiger partial charge in [0.2, 0.25) is 0 Å². The van der Waals surface area contributed by atoms with Crippen LogP contribution >= 0.6 is 0 Å². The molecule has 20 heavy (non-hydrogen) atoms. The summed E-state index contributed by atoms with van der Waals surface area (Å²) in [5, 5.41) is 6.50. The van der Waals surface area contributed by atoms with Crippen molar-refractivity contribution in [3.8, 4) is 0 Å². The van der Waals surface area contributed by atoms with Gasteiger partial charge in [-0.1, -0.05) is 37.3 Å². The summed E-state index contributed by atoms with van der Waals surface area (Å²) in [5.74, 6) is 3.44. The van der Waals surface area contributed by atoms with E-state index in [-0.39, 0.29) is 11.4 Å². The minimum absolute atomic E-state index is 0.0550. The average molecular weight is 280 g/mol. The maximum atomic E-state index is 11.9. The Balaban J connectivity index is 0.000000956. The second-order valence-electron chi connectivity index (χ2n) is 5.07. The standard InChI is InChI=1S/C15H21NO2.H3NO/c1-3-15(14(17)18-2)9-10-16(12-15)11-13-7-5-4-6-8-13;1-2/h4-8H,3,9-12H2,1-2H3;2H,1H2. The van der Waals surface area contributed by atoms with E-state index in [4.69, 9.17) is 9.94 Å². The molecule has 1 aliphatic heterocycles. The number of ether oxygens (including phenoxy) is 1. The minimum Gasteiger partial charge on any atom is -0.469 e. The van der Waals surface area contributed by atoms with Gasteiger partial charge in [0, 0.05) is 13.1 Å². The molecule has 1 fully saturated rings. The molecule has 3 N–H and O–H groups in total. The Hall–Kier alpha value is -1.43. The third-order valence-electron chi connectivity index (χ3n) is 3.98. The predicted octanol–water partition coefficient (Wildman–Crippen LogP) is 1.80. The van der Waals surface area contributed by atoms with E-state index in [1.807, 2.05) is 6.07 Å². The molecule has 0 radical (unpaired) electrons. The van der Waals surface area contributed by atoms with E-state index >= 15 is 0 Å². The van der Waals surface area contributed by atoms with Gasteiger partial charge in [-0.05, 0) is 24.9 Å². The summed E-state index contributed by atoms with van der Waals surface area (Å²) in [6, 6.07) is 10.4. The maximum Gasteiger partial charge on any atom is 0.313 e. The first kappa shape index (κ1) is 16.6. The third kappa shape index (κ3) is 3.79. The van der Waals surface area contributed by atoms with E-state index in [9.17, 15) is 4.79 Å². The molecule has 1 aliphatic rings. The Labute approximate surface area is 120 Å². The number of hydrogen-bond acceptors (Lipinski definition) is 5. The summed E-state index contributed by atoms with van der Waals surface area (Å²) in [5.41, 5.74) is 1.01. The van der Waals surface area contributed by atoms with Crippen molar-refractivity contribution < 1.29 is 14.7 Å². The molecule has 1 heterocycles. The van der Waals surface area contributed by atoms with Gasteiger partial charge in [0.1, 0.15) is 0 Å². The molecule has 5 nitrogen and oxygen atoms in total. The highest BCUT2D eigenvalue weighted by atomic mass is 16.5. The second-order valence-corrected chi connectivity index (χ2v) is 5.07. The lowest BCUT2D eigenvalue weighted by molar-refractivity contribution is -0.152. The molecule has 0 aliphatic carbocycles. The van der Waals surface area contributed by atoms with Gasteiger partial charge in [-0.3, -0.25) is 9.69 Å². The Morgan fingerprint density at radius 2 is 2.05 bits per heavy atom. The summed E-state index contributed by atoms with van der Waals surface area (Å²) in [6.07, 6.45) is 1.76. The highest BCUT2D eigenvalue weighted by molar-refractivity contribution is 5.77. The number of esters is 1. The second kappa shape index (κ2) is 7.99. The first-order chi connectivity index (χ1) is 9.70. The topological polar surface area (TPSA) is 75.8 Å². The Morgan fingerprint density at radius 3 is 2.60 bits per heavy atom. The molecule has 0 saturated carbocycles. The molecule has 1 aromatic carbocycles. The van der Waals surface area contributed by atoms with Crippen molar-refractivity contribution in [2.45, 2.75) is 26.3 Å². The van der Waals surface area contributed by atoms with Crippen LogP contribution in [0.1, 0.15) is 25.3 Å². The molecule has 0 amide bonds. The van der Waals surface area contributed by atoms with Gasteiger partial charge >= 0.3 is 5.97 Å². The van der Waals surface area contributed by atoms with E-state index < -0.39 is 0 Å². The number of hydrogen-bond donors (Lipinski definition) is 2. The van der Waals surface area contributed by atoms with Crippen molar-refractivity contribution in [2.75, 3.05) is 20.2 Å². The number of nitrogens with zero attached hydrogens (tertiary/aromatic N) is 1. The minimum atomic E-state index is -0.288. The Kier molecular flexibility index (Phi) is 6.64. The van der Waals surface area contributed by atoms with Crippen LogP contribution in [0.25, 0.3) is 0 Å². The van der Waals surface area contributed by atoms with Gasteiger partial charge in [-0.15, -0.1) is 0 Å². The predicted molar refractivity (Wildman–Crippen MR) is 77.0 cm³/mol. The van der Waals surface area contributed by atoms with Crippen molar-refractivity contribution >= 4 is 5.97 Å². The number of methoxy groups -OCH3 is 1. The summed E-state index contributed by atoms with van der Waals surface area (Å²) in [4.78, 5) is 14.3. The quantitative estimate of drug-likeness (QED) is 0.649. The van der Waals surface area contributed by atoms with E-state index in [2.05, 4.69) is 42.0 Å². The molecule has 1 aromatic rings. The molecule has 2 rings (SSSR count). The zero-order valence-corrected chi connectivity index (χ0v) is 12.2. The molecule has 112 valence electrons. The fourth-order valence-electron chi connectivity index (χ4n) is 2.75. The van der Waals surface area contributed by atoms with Crippen LogP contribution in [0.4, 0.5) is 0 Å². The third-order valence-corrected chi connectivity index (χ3v) is 3.98. The zero-order chi connectivity index (χ0) is 15.0. The van der Waals surface area contributed by atoms with Gasteiger partial charge in [0.05, 0.1) is 12.5 Å². The summed E-state index contributed by atoms with van der Waals surface area (Å²) < 4.78 is 4.96. The summed E-state index contributed by atoms with van der Waals surface area (Å²) >= 11 is 0. The van der Waals surface area contributed by atoms with Crippen LogP contribution in [-0.4, -0.2) is 36.3 Å². The van der Waals surface area contributed by atoms with Crippen molar-refractivity contribution in [1.82, 2.24) is 4.90 Å². The van der Waals surface area contributed by atoms with Crippen molar-refractivity contribution in [3.05, 3.63) is 35.9 Å². The molecule has 0 bridgehead atoms. The van der Waals surface area contributed by atoms with Crippen molar-refractivity contribution in [2.24, 2.45) is 11.3 Å². The molecule has 1 atom stereocenters. The van der Waals surface area contributed by atoms with E-state index in [0.29, 0.717) is 0 Å². The van der Waals surface area contributed by atoms with Crippen molar-refractivity contribution in [1.29, 1.82) is 0 Å². The summed E-state index contributed by atoms with van der Waals surface area (Å²) in [6.45, 7) is 4.77. The molecule has 1 saturated heterocycles. The monoisotopic (exact) mass is 280 g/mol. The van der Waals surface area contributed by atoms with E-state index in [0.717, 1.165) is 32.5 Å². The molecule has 0 aromatic heterocycles. The van der Waals surface area contributed by atoms with E-state index in [1.165, 1.54) is 12.7 Å². The maximum absolute atomic E-state index is 11.9. The fraction of sp³-hybridized carbons (Fsp3) is 0.533. The fourth-order valence-corrected chi connectivity index (χ4v) is 2.75. The first-order valence-corrected chi connectivity index (χ1v) is 6.81. The smallest absolute Gasteiger partial charge is 0.313 e. The number of benzene rings is 1. The first-order valence-electron chi connectivity index (χ1n) is 6.81. The van der Waals surface area contributed by atoms with Gasteiger partial charge in [-0.2, -0.15) is 0 Å². The summed E-state index contributed by atoms with van der Waals surface area (Å²) in [7, 11) is 1.49. The van der Waals surface area contributed by atoms with Crippen LogP contribution in [-0.2, 0) is 16.1 Å². The van der Waals surface area contributed by atoms with Gasteiger partial charge in [-0.25, -0.2) is 5.90 Å². The van der Waals surface area contributed by atoms with E-state index in [1.54, 1.807) is 0 Å². The van der Waals surface area contributed by atoms with Crippen LogP contribution < -0.4 is 5.90 Å². The van der Waals surface area contributed by atoms with Crippen LogP contribution in [0.5, 0.6) is 0 Å². The number of carbonyl (C=O) groups excluding carboxylic acids is 1. The molecular weight excluding hydrogens is 256 g/mol.